The zero-order valence-electron chi connectivity index (χ0n) is 61.7. The minimum atomic E-state index is -2.17. The predicted octanol–water partition coefficient (Wildman–Crippen LogP) is 2.75. The lowest BCUT2D eigenvalue weighted by molar-refractivity contribution is -0.390. The van der Waals surface area contributed by atoms with Gasteiger partial charge in [0.2, 0.25) is 11.8 Å². The zero-order chi connectivity index (χ0) is 75.2. The Bertz CT molecular complexity index is 2280. The Morgan fingerprint density at radius 1 is 0.398 bits per heavy atom. The van der Waals surface area contributed by atoms with E-state index in [2.05, 4.69) is 36.6 Å². The highest BCUT2D eigenvalue weighted by molar-refractivity contribution is 5.76. The summed E-state index contributed by atoms with van der Waals surface area (Å²) in [6, 6.07) is -2.82. The quantitative estimate of drug-likeness (QED) is 0.0307. The molecule has 17 N–H and O–H groups in total. The van der Waals surface area contributed by atoms with Crippen LogP contribution in [0.25, 0.3) is 0 Å². The molecule has 10 unspecified atom stereocenters. The van der Waals surface area contributed by atoms with E-state index in [4.69, 9.17) is 47.4 Å². The molecule has 2 amide bonds. The number of unbranched alkanes of at least 4 members (excludes halogenated alkanes) is 28. The monoisotopic (exact) mass is 1480 g/mol. The highest BCUT2D eigenvalue weighted by Gasteiger charge is 2.57. The Balaban J connectivity index is 1.20. The van der Waals surface area contributed by atoms with E-state index in [0.29, 0.717) is 12.8 Å². The summed E-state index contributed by atoms with van der Waals surface area (Å²) in [6.45, 7) is 2.60. The third-order valence-corrected chi connectivity index (χ3v) is 20.3. The second-order valence-corrected chi connectivity index (χ2v) is 28.9. The zero-order valence-corrected chi connectivity index (χ0v) is 61.7. The van der Waals surface area contributed by atoms with Gasteiger partial charge in [0.15, 0.2) is 31.5 Å². The van der Waals surface area contributed by atoms with Crippen LogP contribution in [0.3, 0.4) is 0 Å². The second kappa shape index (κ2) is 51.0. The molecule has 5 aliphatic heterocycles. The average Bonchev–Trinajstić information content (AvgIpc) is 0.772. The molecule has 5 rings (SSSR count). The summed E-state index contributed by atoms with van der Waals surface area (Å²) in [5.41, 5.74) is 0. The first kappa shape index (κ1) is 91.0. The molecule has 602 valence electrons. The van der Waals surface area contributed by atoms with Crippen molar-refractivity contribution >= 4 is 11.8 Å². The van der Waals surface area contributed by atoms with E-state index in [0.717, 1.165) is 64.7 Å². The summed E-state index contributed by atoms with van der Waals surface area (Å²) in [5, 5.41) is 171. The standard InChI is InChI=1S/C74H134N2O27/c1-5-7-9-11-13-15-17-19-20-21-22-23-24-25-26-28-30-32-34-36-38-40-54(83)76-48(49(82)39-37-35-33-31-29-27-18-16-14-12-10-8-6-2)45-94-71-64(92)62(90)66(53(44-80)99-71)100-73-65(93)68(59(87)52(43-79)97-73)102-70-55(75-47(4)81)67(58(86)51(42-78)96-70)101-74-69(61(89)57(85)50(41-77)98-74)103-72-63(91)60(88)56(84)46(3)95-72/h19-20,37,39,46,48-53,55-74,77-80,82,84-93H,5-18,21-36,38,40-45H2,1-4H3,(H,75,81)(H,76,83)/b20-19-,39-37+/t46?,48-,49+,50?,51?,52?,53?,55?,56+,57-,58+,59-,60?,61-,62+,63-,64?,65?,66+,67+,68-,69?,70-,71+,72+,73-,74-/m0/s1. The fourth-order valence-corrected chi connectivity index (χ4v) is 13.9. The molecule has 5 aliphatic rings. The first-order chi connectivity index (χ1) is 49.7. The first-order valence-corrected chi connectivity index (χ1v) is 39.0. The largest absolute Gasteiger partial charge is 0.394 e. The van der Waals surface area contributed by atoms with E-state index < -0.39 is 205 Å². The van der Waals surface area contributed by atoms with Gasteiger partial charge in [0.1, 0.15) is 116 Å². The van der Waals surface area contributed by atoms with Crippen molar-refractivity contribution in [1.29, 1.82) is 0 Å². The van der Waals surface area contributed by atoms with Gasteiger partial charge in [-0.15, -0.1) is 0 Å². The van der Waals surface area contributed by atoms with Crippen molar-refractivity contribution in [3.8, 4) is 0 Å². The summed E-state index contributed by atoms with van der Waals surface area (Å²) in [5.74, 6) is -1.16. The van der Waals surface area contributed by atoms with Crippen LogP contribution >= 0.6 is 0 Å². The van der Waals surface area contributed by atoms with Crippen molar-refractivity contribution in [2.24, 2.45) is 0 Å². The van der Waals surface area contributed by atoms with Gasteiger partial charge in [-0.25, -0.2) is 0 Å². The maximum absolute atomic E-state index is 13.5. The number of amides is 2. The normalized spacial score (nSPS) is 35.0. The molecule has 0 aromatic carbocycles. The number of hydrogen-bond acceptors (Lipinski definition) is 27. The lowest BCUT2D eigenvalue weighted by Crippen LogP contribution is -2.70. The maximum atomic E-state index is 13.5. The molecule has 29 heteroatoms. The number of nitrogens with one attached hydrogen (secondary N) is 2. The molecule has 5 fully saturated rings. The third-order valence-electron chi connectivity index (χ3n) is 20.3. The Morgan fingerprint density at radius 2 is 0.796 bits per heavy atom. The number of hydrogen-bond donors (Lipinski definition) is 17. The predicted molar refractivity (Wildman–Crippen MR) is 376 cm³/mol. The Kier molecular flexibility index (Phi) is 45.1. The van der Waals surface area contributed by atoms with Gasteiger partial charge in [-0.2, -0.15) is 0 Å². The molecule has 5 saturated heterocycles. The molecule has 0 bridgehead atoms. The van der Waals surface area contributed by atoms with E-state index in [1.165, 1.54) is 135 Å². The highest BCUT2D eigenvalue weighted by atomic mass is 16.8. The third kappa shape index (κ3) is 30.3. The van der Waals surface area contributed by atoms with E-state index in [1.807, 2.05) is 6.08 Å². The van der Waals surface area contributed by atoms with Crippen LogP contribution < -0.4 is 10.6 Å². The minimum absolute atomic E-state index is 0.189. The second-order valence-electron chi connectivity index (χ2n) is 28.9. The van der Waals surface area contributed by atoms with Crippen molar-refractivity contribution in [2.45, 2.75) is 399 Å². The van der Waals surface area contributed by atoms with Gasteiger partial charge >= 0.3 is 0 Å². The topological polar surface area (TPSA) is 454 Å². The Morgan fingerprint density at radius 3 is 1.31 bits per heavy atom. The van der Waals surface area contributed by atoms with Crippen LogP contribution in [0.15, 0.2) is 24.3 Å². The Hall–Kier alpha value is -2.58. The molecular formula is C74H134N2O27. The van der Waals surface area contributed by atoms with Crippen molar-refractivity contribution in [1.82, 2.24) is 10.6 Å². The van der Waals surface area contributed by atoms with Crippen LogP contribution in [-0.4, -0.2) is 287 Å². The first-order valence-electron chi connectivity index (χ1n) is 39.0. The van der Waals surface area contributed by atoms with Crippen LogP contribution in [0.2, 0.25) is 0 Å². The van der Waals surface area contributed by atoms with Crippen LogP contribution in [0.4, 0.5) is 0 Å². The number of carbonyl (C=O) groups is 2. The van der Waals surface area contributed by atoms with Gasteiger partial charge in [0.05, 0.1) is 51.3 Å². The van der Waals surface area contributed by atoms with Crippen LogP contribution in [0.1, 0.15) is 233 Å². The number of allylic oxidation sites excluding steroid dienone is 3. The van der Waals surface area contributed by atoms with Crippen molar-refractivity contribution in [3.05, 3.63) is 24.3 Å². The number of aliphatic hydroxyl groups excluding tert-OH is 15. The molecule has 5 heterocycles. The van der Waals surface area contributed by atoms with Crippen molar-refractivity contribution < 1.29 is 134 Å². The molecule has 0 spiro atoms. The van der Waals surface area contributed by atoms with E-state index >= 15 is 0 Å². The molecule has 27 atom stereocenters. The number of rotatable bonds is 52. The van der Waals surface area contributed by atoms with Crippen molar-refractivity contribution in [3.63, 3.8) is 0 Å². The van der Waals surface area contributed by atoms with Crippen LogP contribution in [0.5, 0.6) is 0 Å². The summed E-state index contributed by atoms with van der Waals surface area (Å²) in [4.78, 5) is 26.5. The summed E-state index contributed by atoms with van der Waals surface area (Å²) >= 11 is 0. The van der Waals surface area contributed by atoms with Gasteiger partial charge < -0.3 is 135 Å². The molecule has 0 aromatic rings. The lowest BCUT2D eigenvalue weighted by Gasteiger charge is -2.50. The fourth-order valence-electron chi connectivity index (χ4n) is 13.9. The average molecular weight is 1480 g/mol. The minimum Gasteiger partial charge on any atom is -0.394 e. The smallest absolute Gasteiger partial charge is 0.220 e. The van der Waals surface area contributed by atoms with Gasteiger partial charge in [0.25, 0.3) is 0 Å². The van der Waals surface area contributed by atoms with Gasteiger partial charge in [0, 0.05) is 13.3 Å². The fraction of sp³-hybridized carbons (Fsp3) is 0.919. The molecular weight excluding hydrogens is 1350 g/mol. The lowest BCUT2D eigenvalue weighted by atomic mass is 9.94. The molecule has 0 saturated carbocycles. The number of aliphatic hydroxyl groups is 15. The van der Waals surface area contributed by atoms with E-state index in [1.54, 1.807) is 6.08 Å². The molecule has 103 heavy (non-hydrogen) atoms. The highest BCUT2D eigenvalue weighted by Crippen LogP contribution is 2.37. The van der Waals surface area contributed by atoms with Gasteiger partial charge in [-0.1, -0.05) is 192 Å². The van der Waals surface area contributed by atoms with Gasteiger partial charge in [-0.3, -0.25) is 9.59 Å². The number of ether oxygens (including phenoxy) is 10. The summed E-state index contributed by atoms with van der Waals surface area (Å²) in [6.07, 6.45) is -1.04. The number of carbonyl (C=O) groups excluding carboxylic acids is 2. The van der Waals surface area contributed by atoms with E-state index in [-0.39, 0.29) is 12.3 Å². The van der Waals surface area contributed by atoms with Crippen molar-refractivity contribution in [2.75, 3.05) is 33.0 Å². The van der Waals surface area contributed by atoms with Crippen LogP contribution in [0, 0.1) is 0 Å². The maximum Gasteiger partial charge on any atom is 0.220 e. The van der Waals surface area contributed by atoms with Gasteiger partial charge in [-0.05, 0) is 51.9 Å². The summed E-state index contributed by atoms with van der Waals surface area (Å²) in [7, 11) is 0. The van der Waals surface area contributed by atoms with E-state index in [9.17, 15) is 86.2 Å². The van der Waals surface area contributed by atoms with Crippen LogP contribution in [-0.2, 0) is 57.0 Å². The molecule has 0 aliphatic carbocycles. The molecule has 29 nitrogen and oxygen atoms in total. The Labute approximate surface area is 609 Å². The SMILES string of the molecule is CCCCCCCC/C=C\CCCCCCCCCCCCCC(=O)N[C@@H](CO[C@@H]1OC(CO)[C@@H](O[C@@H]2OC(CO)[C@H](O)[C@H](O[C@@H]3OC(CO)[C@@H](O)[C@H](O[C@@H]4OC(CO)[C@H](O)[C@H](O)C4O[C@H]4OC(C)[C@@H](O)C(O)[C@@H]4O)C3NC(C)=O)C2O)[C@H](O)C1O)[C@H](O)/C=C/CCCCCCCCCCCCC. The summed E-state index contributed by atoms with van der Waals surface area (Å²) < 4.78 is 59.2. The molecule has 0 radical (unpaired) electrons. The molecule has 0 aromatic heterocycles.